The van der Waals surface area contributed by atoms with Gasteiger partial charge in [-0.3, -0.25) is 0 Å². The molecule has 0 bridgehead atoms. The lowest BCUT2D eigenvalue weighted by Crippen LogP contribution is -2.35. The zero-order valence-electron chi connectivity index (χ0n) is 9.53. The lowest BCUT2D eigenvalue weighted by atomic mass is 10.1. The Labute approximate surface area is 92.4 Å². The van der Waals surface area contributed by atoms with E-state index in [2.05, 4.69) is 11.6 Å². The van der Waals surface area contributed by atoms with Crippen molar-refractivity contribution >= 4 is 10.0 Å². The predicted molar refractivity (Wildman–Crippen MR) is 60.2 cm³/mol. The van der Waals surface area contributed by atoms with Crippen LogP contribution in [-0.2, 0) is 14.8 Å². The molecule has 0 aromatic rings. The Morgan fingerprint density at radius 3 is 2.67 bits per heavy atom. The Bertz CT molecular complexity index is 276. The molecule has 0 spiro atoms. The van der Waals surface area contributed by atoms with Crippen LogP contribution in [0.2, 0.25) is 0 Å². The first-order valence-electron chi connectivity index (χ1n) is 5.61. The lowest BCUT2D eigenvalue weighted by molar-refractivity contribution is 0.163. The van der Waals surface area contributed by atoms with Crippen LogP contribution in [0.4, 0.5) is 0 Å². The van der Waals surface area contributed by atoms with Crippen LogP contribution in [0.1, 0.15) is 33.1 Å². The molecule has 1 aliphatic carbocycles. The van der Waals surface area contributed by atoms with Crippen molar-refractivity contribution in [3.8, 4) is 0 Å². The molecule has 0 aliphatic heterocycles. The third-order valence-corrected chi connectivity index (χ3v) is 4.14. The molecule has 1 aliphatic rings. The lowest BCUT2D eigenvalue weighted by Gasteiger charge is -2.12. The average Bonchev–Trinajstić information content (AvgIpc) is 2.50. The maximum atomic E-state index is 11.6. The molecule has 2 unspecified atom stereocenters. The zero-order valence-corrected chi connectivity index (χ0v) is 10.3. The van der Waals surface area contributed by atoms with Gasteiger partial charge in [-0.2, -0.15) is 0 Å². The molecular weight excluding hydrogens is 214 g/mol. The van der Waals surface area contributed by atoms with Gasteiger partial charge in [0.05, 0.1) is 12.4 Å². The van der Waals surface area contributed by atoms with Crippen LogP contribution >= 0.6 is 0 Å². The molecule has 2 atom stereocenters. The highest BCUT2D eigenvalue weighted by molar-refractivity contribution is 7.89. The van der Waals surface area contributed by atoms with E-state index in [1.165, 1.54) is 0 Å². The largest absolute Gasteiger partial charge is 0.381 e. The first-order chi connectivity index (χ1) is 7.03. The number of ether oxygens (including phenoxy) is 1. The highest BCUT2D eigenvalue weighted by Gasteiger charge is 2.25. The molecule has 4 nitrogen and oxygen atoms in total. The molecule has 90 valence electrons. The van der Waals surface area contributed by atoms with Gasteiger partial charge in [-0.15, -0.1) is 0 Å². The summed E-state index contributed by atoms with van der Waals surface area (Å²) in [5.41, 5.74) is 0. The molecule has 1 fully saturated rings. The van der Waals surface area contributed by atoms with Gasteiger partial charge in [0, 0.05) is 12.6 Å². The van der Waals surface area contributed by atoms with Crippen molar-refractivity contribution in [1.82, 2.24) is 4.72 Å². The average molecular weight is 235 g/mol. The summed E-state index contributed by atoms with van der Waals surface area (Å²) in [6.07, 6.45) is 3.06. The van der Waals surface area contributed by atoms with Crippen molar-refractivity contribution in [2.24, 2.45) is 5.92 Å². The van der Waals surface area contributed by atoms with Gasteiger partial charge in [0.2, 0.25) is 10.0 Å². The molecule has 1 rings (SSSR count). The van der Waals surface area contributed by atoms with Crippen molar-refractivity contribution in [1.29, 1.82) is 0 Å². The molecule has 0 aromatic carbocycles. The van der Waals surface area contributed by atoms with Gasteiger partial charge in [-0.05, 0) is 32.1 Å². The van der Waals surface area contributed by atoms with E-state index in [9.17, 15) is 8.42 Å². The second-order valence-corrected chi connectivity index (χ2v) is 6.12. The molecular formula is C10H21NO3S. The maximum Gasteiger partial charge on any atom is 0.214 e. The molecule has 1 N–H and O–H groups in total. The minimum Gasteiger partial charge on any atom is -0.381 e. The Morgan fingerprint density at radius 2 is 2.13 bits per heavy atom. The van der Waals surface area contributed by atoms with Crippen molar-refractivity contribution in [3.63, 3.8) is 0 Å². The van der Waals surface area contributed by atoms with Crippen molar-refractivity contribution < 1.29 is 13.2 Å². The molecule has 5 heteroatoms. The summed E-state index contributed by atoms with van der Waals surface area (Å²) in [4.78, 5) is 0. The smallest absolute Gasteiger partial charge is 0.214 e. The molecule has 0 radical (unpaired) electrons. The second-order valence-electron chi connectivity index (χ2n) is 4.25. The van der Waals surface area contributed by atoms with Crippen LogP contribution in [0.3, 0.4) is 0 Å². The van der Waals surface area contributed by atoms with Crippen molar-refractivity contribution in [3.05, 3.63) is 0 Å². The van der Waals surface area contributed by atoms with E-state index in [-0.39, 0.29) is 18.4 Å². The fourth-order valence-corrected chi connectivity index (χ4v) is 3.12. The van der Waals surface area contributed by atoms with Gasteiger partial charge in [0.1, 0.15) is 0 Å². The van der Waals surface area contributed by atoms with E-state index < -0.39 is 10.0 Å². The van der Waals surface area contributed by atoms with Crippen LogP contribution in [0.15, 0.2) is 0 Å². The summed E-state index contributed by atoms with van der Waals surface area (Å²) in [7, 11) is -3.14. The minimum absolute atomic E-state index is 0.0751. The fourth-order valence-electron chi connectivity index (χ4n) is 1.94. The first-order valence-corrected chi connectivity index (χ1v) is 7.26. The molecule has 1 saturated carbocycles. The first kappa shape index (κ1) is 12.9. The van der Waals surface area contributed by atoms with Gasteiger partial charge in [-0.1, -0.05) is 6.92 Å². The van der Waals surface area contributed by atoms with Gasteiger partial charge >= 0.3 is 0 Å². The normalized spacial score (nSPS) is 27.1. The standard InChI is InChI=1S/C10H21NO3S/c1-3-14-6-7-15(12,13)11-10-5-4-9(2)8-10/h9-11H,3-8H2,1-2H3. The second kappa shape index (κ2) is 5.82. The topological polar surface area (TPSA) is 55.4 Å². The van der Waals surface area contributed by atoms with Crippen LogP contribution in [-0.4, -0.2) is 33.4 Å². The summed E-state index contributed by atoms with van der Waals surface area (Å²) in [6, 6.07) is 0.145. The molecule has 0 aromatic heterocycles. The quantitative estimate of drug-likeness (QED) is 0.702. The van der Waals surface area contributed by atoms with Crippen LogP contribution in [0.25, 0.3) is 0 Å². The summed E-state index contributed by atoms with van der Waals surface area (Å²) in [5.74, 6) is 0.718. The summed E-state index contributed by atoms with van der Waals surface area (Å²) >= 11 is 0. The zero-order chi connectivity index (χ0) is 11.3. The third-order valence-electron chi connectivity index (χ3n) is 2.74. The molecule has 0 saturated heterocycles. The van der Waals surface area contributed by atoms with Gasteiger partial charge in [0.25, 0.3) is 0 Å². The van der Waals surface area contributed by atoms with Crippen LogP contribution in [0, 0.1) is 5.92 Å². The fraction of sp³-hybridized carbons (Fsp3) is 1.00. The minimum atomic E-state index is -3.14. The molecule has 0 heterocycles. The van der Waals surface area contributed by atoms with E-state index in [1.807, 2.05) is 6.92 Å². The van der Waals surface area contributed by atoms with Crippen molar-refractivity contribution in [2.75, 3.05) is 19.0 Å². The summed E-state index contributed by atoms with van der Waals surface area (Å²) < 4.78 is 30.9. The highest BCUT2D eigenvalue weighted by Crippen LogP contribution is 2.24. The van der Waals surface area contributed by atoms with Gasteiger partial charge < -0.3 is 4.74 Å². The monoisotopic (exact) mass is 235 g/mol. The molecule has 15 heavy (non-hydrogen) atoms. The van der Waals surface area contributed by atoms with E-state index in [4.69, 9.17) is 4.74 Å². The van der Waals surface area contributed by atoms with Crippen LogP contribution in [0.5, 0.6) is 0 Å². The van der Waals surface area contributed by atoms with E-state index in [1.54, 1.807) is 0 Å². The SMILES string of the molecule is CCOCCS(=O)(=O)NC1CCC(C)C1. The van der Waals surface area contributed by atoms with Gasteiger partial charge in [-0.25, -0.2) is 13.1 Å². The van der Waals surface area contributed by atoms with Crippen LogP contribution < -0.4 is 4.72 Å². The van der Waals surface area contributed by atoms with E-state index in [0.29, 0.717) is 12.5 Å². The number of nitrogens with one attached hydrogen (secondary N) is 1. The Morgan fingerprint density at radius 1 is 1.40 bits per heavy atom. The third kappa shape index (κ3) is 4.95. The molecule has 0 amide bonds. The number of sulfonamides is 1. The number of rotatable bonds is 6. The Balaban J connectivity index is 2.29. The van der Waals surface area contributed by atoms with E-state index in [0.717, 1.165) is 19.3 Å². The number of hydrogen-bond acceptors (Lipinski definition) is 3. The van der Waals surface area contributed by atoms with Gasteiger partial charge in [0.15, 0.2) is 0 Å². The Kier molecular flexibility index (Phi) is 5.02. The van der Waals surface area contributed by atoms with E-state index >= 15 is 0 Å². The Hall–Kier alpha value is -0.130. The maximum absolute atomic E-state index is 11.6. The predicted octanol–water partition coefficient (Wildman–Crippen LogP) is 1.13. The summed E-state index contributed by atoms with van der Waals surface area (Å²) in [5, 5.41) is 0. The van der Waals surface area contributed by atoms with Crippen molar-refractivity contribution in [2.45, 2.75) is 39.2 Å². The number of hydrogen-bond donors (Lipinski definition) is 1. The highest BCUT2D eigenvalue weighted by atomic mass is 32.2. The summed E-state index contributed by atoms with van der Waals surface area (Å²) in [6.45, 7) is 4.87.